The molecule has 0 aromatic carbocycles. The topological polar surface area (TPSA) is 51.9 Å². The van der Waals surface area contributed by atoms with E-state index in [1.807, 2.05) is 29.7 Å². The predicted octanol–water partition coefficient (Wildman–Crippen LogP) is 2.73. The summed E-state index contributed by atoms with van der Waals surface area (Å²) >= 11 is 1.97. The van der Waals surface area contributed by atoms with Crippen LogP contribution in [0, 0.1) is 12.8 Å². The molecule has 0 saturated carbocycles. The van der Waals surface area contributed by atoms with Gasteiger partial charge in [0.1, 0.15) is 5.76 Å². The van der Waals surface area contributed by atoms with Crippen molar-refractivity contribution in [3.05, 3.63) is 23.7 Å². The van der Waals surface area contributed by atoms with Crippen LogP contribution >= 0.6 is 11.8 Å². The molecule has 1 aromatic heterocycles. The molecule has 1 amide bonds. The Balaban J connectivity index is 1.23. The van der Waals surface area contributed by atoms with Gasteiger partial charge in [0, 0.05) is 38.7 Å². The standard InChI is InChI=1S/C18H25NO4S/c1-13-2-3-16(23-13)17(20)19-11-18(12-19)8-15(10-24-18)22-9-14-4-6-21-7-5-14/h2-3,14-15H,4-12H2,1H3/t15-/m1/s1. The Morgan fingerprint density at radius 1 is 1.38 bits per heavy atom. The van der Waals surface area contributed by atoms with Crippen LogP contribution in [0.25, 0.3) is 0 Å². The first-order valence-corrected chi connectivity index (χ1v) is 9.81. The number of hydrogen-bond donors (Lipinski definition) is 0. The minimum atomic E-state index is 0.0147. The van der Waals surface area contributed by atoms with Crippen LogP contribution < -0.4 is 0 Å². The molecule has 0 N–H and O–H groups in total. The van der Waals surface area contributed by atoms with E-state index >= 15 is 0 Å². The lowest BCUT2D eigenvalue weighted by Gasteiger charge is -2.47. The second-order valence-electron chi connectivity index (χ2n) is 7.28. The molecule has 3 aliphatic heterocycles. The maximum absolute atomic E-state index is 12.4. The van der Waals surface area contributed by atoms with E-state index in [2.05, 4.69) is 0 Å². The van der Waals surface area contributed by atoms with Crippen LogP contribution in [0.5, 0.6) is 0 Å². The Hall–Kier alpha value is -0.980. The van der Waals surface area contributed by atoms with Gasteiger partial charge >= 0.3 is 0 Å². The number of amides is 1. The first kappa shape index (κ1) is 16.5. The normalized spacial score (nSPS) is 26.7. The summed E-state index contributed by atoms with van der Waals surface area (Å²) in [4.78, 5) is 14.3. The van der Waals surface area contributed by atoms with E-state index in [4.69, 9.17) is 13.9 Å². The zero-order chi connectivity index (χ0) is 16.6. The van der Waals surface area contributed by atoms with E-state index in [1.165, 1.54) is 0 Å². The van der Waals surface area contributed by atoms with Gasteiger partial charge in [0.25, 0.3) is 5.91 Å². The molecule has 3 fully saturated rings. The smallest absolute Gasteiger partial charge is 0.289 e. The molecule has 4 heterocycles. The molecule has 0 aliphatic carbocycles. The molecular weight excluding hydrogens is 326 g/mol. The van der Waals surface area contributed by atoms with Gasteiger partial charge in [-0.05, 0) is 44.2 Å². The van der Waals surface area contributed by atoms with Crippen LogP contribution in [-0.2, 0) is 9.47 Å². The number of carbonyl (C=O) groups is 1. The highest BCUT2D eigenvalue weighted by atomic mass is 32.2. The van der Waals surface area contributed by atoms with Gasteiger partial charge in [0.05, 0.1) is 10.9 Å². The molecular formula is C18H25NO4S. The van der Waals surface area contributed by atoms with Gasteiger partial charge in [0.2, 0.25) is 0 Å². The van der Waals surface area contributed by atoms with E-state index in [-0.39, 0.29) is 10.7 Å². The quantitative estimate of drug-likeness (QED) is 0.835. The summed E-state index contributed by atoms with van der Waals surface area (Å²) in [6, 6.07) is 3.61. The Bertz CT molecular complexity index is 590. The molecule has 3 aliphatic rings. The molecule has 4 rings (SSSR count). The lowest BCUT2D eigenvalue weighted by molar-refractivity contribution is -0.0120. The third-order valence-corrected chi connectivity index (χ3v) is 6.86. The van der Waals surface area contributed by atoms with Gasteiger partial charge in [-0.1, -0.05) is 0 Å². The average Bonchev–Trinajstić information content (AvgIpc) is 3.18. The van der Waals surface area contributed by atoms with Crippen molar-refractivity contribution in [2.24, 2.45) is 5.92 Å². The average molecular weight is 351 g/mol. The fourth-order valence-corrected chi connectivity index (χ4v) is 5.36. The SMILES string of the molecule is Cc1ccc(C(=O)N2CC3(C[C@@H](OCC4CCOCC4)CS3)C2)o1. The van der Waals surface area contributed by atoms with Gasteiger partial charge in [-0.25, -0.2) is 0 Å². The summed E-state index contributed by atoms with van der Waals surface area (Å²) < 4.78 is 17.2. The summed E-state index contributed by atoms with van der Waals surface area (Å²) in [6.45, 7) is 6.10. The number of carbonyl (C=O) groups excluding carboxylic acids is 1. The van der Waals surface area contributed by atoms with Crippen LogP contribution in [0.3, 0.4) is 0 Å². The first-order valence-electron chi connectivity index (χ1n) is 8.83. The van der Waals surface area contributed by atoms with Crippen LogP contribution in [0.4, 0.5) is 0 Å². The minimum absolute atomic E-state index is 0.0147. The monoisotopic (exact) mass is 351 g/mol. The molecule has 1 aromatic rings. The largest absolute Gasteiger partial charge is 0.456 e. The van der Waals surface area contributed by atoms with Gasteiger partial charge in [0.15, 0.2) is 5.76 Å². The van der Waals surface area contributed by atoms with E-state index in [1.54, 1.807) is 6.07 Å². The molecule has 1 atom stereocenters. The Kier molecular flexibility index (Phi) is 4.62. The highest BCUT2D eigenvalue weighted by molar-refractivity contribution is 8.01. The first-order chi connectivity index (χ1) is 11.6. The third kappa shape index (κ3) is 3.37. The van der Waals surface area contributed by atoms with Crippen molar-refractivity contribution in [3.8, 4) is 0 Å². The highest BCUT2D eigenvalue weighted by Gasteiger charge is 2.51. The van der Waals surface area contributed by atoms with E-state index in [9.17, 15) is 4.79 Å². The van der Waals surface area contributed by atoms with Crippen molar-refractivity contribution in [1.82, 2.24) is 4.90 Å². The van der Waals surface area contributed by atoms with E-state index in [0.29, 0.717) is 17.8 Å². The Labute approximate surface area is 147 Å². The molecule has 3 saturated heterocycles. The lowest BCUT2D eigenvalue weighted by atomic mass is 9.92. The molecule has 0 bridgehead atoms. The van der Waals surface area contributed by atoms with Crippen LogP contribution in [-0.4, -0.2) is 60.3 Å². The summed E-state index contributed by atoms with van der Waals surface area (Å²) in [5.74, 6) is 2.96. The second-order valence-corrected chi connectivity index (χ2v) is 8.77. The molecule has 0 radical (unpaired) electrons. The summed E-state index contributed by atoms with van der Waals surface area (Å²) in [5.41, 5.74) is 0. The van der Waals surface area contributed by atoms with Crippen molar-refractivity contribution in [2.75, 3.05) is 38.7 Å². The van der Waals surface area contributed by atoms with Crippen molar-refractivity contribution in [3.63, 3.8) is 0 Å². The van der Waals surface area contributed by atoms with Gasteiger partial charge in [-0.15, -0.1) is 11.8 Å². The number of ether oxygens (including phenoxy) is 2. The van der Waals surface area contributed by atoms with Crippen molar-refractivity contribution >= 4 is 17.7 Å². The van der Waals surface area contributed by atoms with Crippen LogP contribution in [0.15, 0.2) is 16.5 Å². The number of nitrogens with zero attached hydrogens (tertiary/aromatic N) is 1. The van der Waals surface area contributed by atoms with E-state index < -0.39 is 0 Å². The fraction of sp³-hybridized carbons (Fsp3) is 0.722. The summed E-state index contributed by atoms with van der Waals surface area (Å²) in [6.07, 6.45) is 3.63. The van der Waals surface area contributed by atoms with Crippen molar-refractivity contribution < 1.29 is 18.7 Å². The maximum Gasteiger partial charge on any atom is 0.289 e. The second kappa shape index (κ2) is 6.73. The minimum Gasteiger partial charge on any atom is -0.456 e. The maximum atomic E-state index is 12.4. The zero-order valence-corrected chi connectivity index (χ0v) is 15.0. The van der Waals surface area contributed by atoms with Crippen LogP contribution in [0.2, 0.25) is 0 Å². The molecule has 132 valence electrons. The third-order valence-electron chi connectivity index (χ3n) is 5.28. The van der Waals surface area contributed by atoms with Gasteiger partial charge in [-0.2, -0.15) is 0 Å². The van der Waals surface area contributed by atoms with Gasteiger partial charge < -0.3 is 18.8 Å². The number of hydrogen-bond acceptors (Lipinski definition) is 5. The summed E-state index contributed by atoms with van der Waals surface area (Å²) in [7, 11) is 0. The lowest BCUT2D eigenvalue weighted by Crippen LogP contribution is -2.60. The molecule has 24 heavy (non-hydrogen) atoms. The number of furan rings is 1. The van der Waals surface area contributed by atoms with Crippen molar-refractivity contribution in [2.45, 2.75) is 37.0 Å². The number of aryl methyl sites for hydroxylation is 1. The predicted molar refractivity (Wildman–Crippen MR) is 92.4 cm³/mol. The number of rotatable bonds is 4. The highest BCUT2D eigenvalue weighted by Crippen LogP contribution is 2.46. The zero-order valence-electron chi connectivity index (χ0n) is 14.2. The molecule has 1 spiro atoms. The molecule has 0 unspecified atom stereocenters. The number of thioether (sulfide) groups is 1. The van der Waals surface area contributed by atoms with Crippen LogP contribution in [0.1, 0.15) is 35.6 Å². The Morgan fingerprint density at radius 3 is 2.88 bits per heavy atom. The Morgan fingerprint density at radius 2 is 2.17 bits per heavy atom. The van der Waals surface area contributed by atoms with Gasteiger partial charge in [-0.3, -0.25) is 4.79 Å². The summed E-state index contributed by atoms with van der Waals surface area (Å²) in [5, 5.41) is 0. The molecule has 6 heteroatoms. The molecule has 5 nitrogen and oxygen atoms in total. The van der Waals surface area contributed by atoms with E-state index in [0.717, 1.165) is 63.7 Å². The van der Waals surface area contributed by atoms with Crippen molar-refractivity contribution in [1.29, 1.82) is 0 Å². The number of likely N-dealkylation sites (tertiary alicyclic amines) is 1. The fourth-order valence-electron chi connectivity index (χ4n) is 3.81.